The van der Waals surface area contributed by atoms with Crippen molar-refractivity contribution in [3.05, 3.63) is 23.4 Å². The van der Waals surface area contributed by atoms with Gasteiger partial charge in [0.05, 0.1) is 0 Å². The number of carbonyl (C=O) groups is 1. The lowest BCUT2D eigenvalue weighted by Gasteiger charge is -2.26. The first-order chi connectivity index (χ1) is 9.58. The largest absolute Gasteiger partial charge is 0.373 e. The van der Waals surface area contributed by atoms with Gasteiger partial charge in [-0.15, -0.1) is 0 Å². The van der Waals surface area contributed by atoms with Crippen molar-refractivity contribution in [2.45, 2.75) is 39.5 Å². The predicted molar refractivity (Wildman–Crippen MR) is 82.0 cm³/mol. The Hall–Kier alpha value is -1.58. The molecule has 1 saturated carbocycles. The second-order valence-electron chi connectivity index (χ2n) is 5.98. The smallest absolute Gasteiger partial charge is 0.251 e. The van der Waals surface area contributed by atoms with Crippen molar-refractivity contribution in [2.24, 2.45) is 11.8 Å². The molecule has 4 nitrogen and oxygen atoms in total. The average Bonchev–Trinajstić information content (AvgIpc) is 2.44. The van der Waals surface area contributed by atoms with E-state index in [2.05, 4.69) is 22.5 Å². The molecule has 2 rings (SSSR count). The van der Waals surface area contributed by atoms with Crippen molar-refractivity contribution in [2.75, 3.05) is 18.9 Å². The number of hydrogen-bond donors (Lipinski definition) is 2. The first-order valence-corrected chi connectivity index (χ1v) is 7.53. The molecule has 20 heavy (non-hydrogen) atoms. The Balaban J connectivity index is 1.93. The molecule has 1 heterocycles. The molecule has 2 N–H and O–H groups in total. The van der Waals surface area contributed by atoms with Gasteiger partial charge in [0, 0.05) is 24.8 Å². The lowest BCUT2D eigenvalue weighted by atomic mass is 9.82. The van der Waals surface area contributed by atoms with Crippen molar-refractivity contribution in [1.29, 1.82) is 0 Å². The van der Waals surface area contributed by atoms with Crippen molar-refractivity contribution < 1.29 is 4.79 Å². The molecule has 0 bridgehead atoms. The van der Waals surface area contributed by atoms with Crippen LogP contribution in [0.2, 0.25) is 0 Å². The van der Waals surface area contributed by atoms with Gasteiger partial charge in [-0.3, -0.25) is 4.79 Å². The number of anilines is 1. The SMILES string of the molecule is CNc1cc(C(=O)NCC2CCCC(C)C2)cc(C)n1. The van der Waals surface area contributed by atoms with Gasteiger partial charge in [-0.2, -0.15) is 0 Å². The molecule has 1 fully saturated rings. The van der Waals surface area contributed by atoms with E-state index < -0.39 is 0 Å². The molecule has 110 valence electrons. The predicted octanol–water partition coefficient (Wildman–Crippen LogP) is 2.99. The highest BCUT2D eigenvalue weighted by Gasteiger charge is 2.19. The zero-order valence-corrected chi connectivity index (χ0v) is 12.7. The van der Waals surface area contributed by atoms with E-state index in [1.165, 1.54) is 25.7 Å². The van der Waals surface area contributed by atoms with Crippen LogP contribution in [-0.4, -0.2) is 24.5 Å². The first kappa shape index (κ1) is 14.8. The molecule has 1 amide bonds. The summed E-state index contributed by atoms with van der Waals surface area (Å²) in [5, 5.41) is 6.06. The summed E-state index contributed by atoms with van der Waals surface area (Å²) in [7, 11) is 1.81. The summed E-state index contributed by atoms with van der Waals surface area (Å²) in [6.45, 7) is 5.00. The molecule has 0 aromatic carbocycles. The second kappa shape index (κ2) is 6.73. The Labute approximate surface area is 121 Å². The van der Waals surface area contributed by atoms with E-state index in [0.717, 1.165) is 24.0 Å². The quantitative estimate of drug-likeness (QED) is 0.888. The van der Waals surface area contributed by atoms with Gasteiger partial charge in [0.15, 0.2) is 0 Å². The molecule has 1 aromatic heterocycles. The molecule has 1 aromatic rings. The van der Waals surface area contributed by atoms with E-state index in [0.29, 0.717) is 11.5 Å². The number of nitrogens with one attached hydrogen (secondary N) is 2. The van der Waals surface area contributed by atoms with Crippen molar-refractivity contribution >= 4 is 11.7 Å². The van der Waals surface area contributed by atoms with Crippen LogP contribution in [0.15, 0.2) is 12.1 Å². The third kappa shape index (κ3) is 3.95. The van der Waals surface area contributed by atoms with E-state index in [1.807, 2.05) is 20.0 Å². The average molecular weight is 275 g/mol. The Kier molecular flexibility index (Phi) is 4.99. The lowest BCUT2D eigenvalue weighted by molar-refractivity contribution is 0.0940. The Morgan fingerprint density at radius 2 is 2.20 bits per heavy atom. The Morgan fingerprint density at radius 1 is 1.40 bits per heavy atom. The number of amides is 1. The summed E-state index contributed by atoms with van der Waals surface area (Å²) in [5.74, 6) is 2.17. The maximum absolute atomic E-state index is 12.2. The van der Waals surface area contributed by atoms with Gasteiger partial charge in [0.2, 0.25) is 0 Å². The van der Waals surface area contributed by atoms with Crippen LogP contribution in [0.25, 0.3) is 0 Å². The fourth-order valence-electron chi connectivity index (χ4n) is 3.01. The normalized spacial score (nSPS) is 22.4. The summed E-state index contributed by atoms with van der Waals surface area (Å²) in [4.78, 5) is 16.5. The van der Waals surface area contributed by atoms with Gasteiger partial charge in [-0.05, 0) is 43.7 Å². The topological polar surface area (TPSA) is 54.0 Å². The minimum Gasteiger partial charge on any atom is -0.373 e. The van der Waals surface area contributed by atoms with E-state index in [4.69, 9.17) is 0 Å². The number of hydrogen-bond acceptors (Lipinski definition) is 3. The number of carbonyl (C=O) groups excluding carboxylic acids is 1. The van der Waals surface area contributed by atoms with Crippen molar-refractivity contribution in [1.82, 2.24) is 10.3 Å². The highest BCUT2D eigenvalue weighted by Crippen LogP contribution is 2.27. The molecule has 1 aliphatic carbocycles. The van der Waals surface area contributed by atoms with Crippen molar-refractivity contribution in [3.8, 4) is 0 Å². The van der Waals surface area contributed by atoms with Crippen LogP contribution >= 0.6 is 0 Å². The van der Waals surface area contributed by atoms with Crippen LogP contribution in [0.4, 0.5) is 5.82 Å². The monoisotopic (exact) mass is 275 g/mol. The van der Waals surface area contributed by atoms with Gasteiger partial charge < -0.3 is 10.6 Å². The van der Waals surface area contributed by atoms with Gasteiger partial charge in [0.1, 0.15) is 5.82 Å². The number of pyridine rings is 1. The maximum Gasteiger partial charge on any atom is 0.251 e. The molecule has 0 radical (unpaired) electrons. The number of aryl methyl sites for hydroxylation is 1. The zero-order chi connectivity index (χ0) is 14.5. The summed E-state index contributed by atoms with van der Waals surface area (Å²) in [5.41, 5.74) is 1.54. The van der Waals surface area contributed by atoms with E-state index in [-0.39, 0.29) is 5.91 Å². The summed E-state index contributed by atoms with van der Waals surface area (Å²) in [6, 6.07) is 3.63. The fraction of sp³-hybridized carbons (Fsp3) is 0.625. The maximum atomic E-state index is 12.2. The molecule has 4 heteroatoms. The summed E-state index contributed by atoms with van der Waals surface area (Å²) >= 11 is 0. The van der Waals surface area contributed by atoms with Crippen LogP contribution in [0.3, 0.4) is 0 Å². The number of aromatic nitrogens is 1. The van der Waals surface area contributed by atoms with Crippen molar-refractivity contribution in [3.63, 3.8) is 0 Å². The fourth-order valence-corrected chi connectivity index (χ4v) is 3.01. The van der Waals surface area contributed by atoms with E-state index in [9.17, 15) is 4.79 Å². The van der Waals surface area contributed by atoms with Crippen LogP contribution in [0.5, 0.6) is 0 Å². The molecule has 0 aliphatic heterocycles. The minimum absolute atomic E-state index is 0.00484. The zero-order valence-electron chi connectivity index (χ0n) is 12.7. The molecule has 2 atom stereocenters. The third-order valence-electron chi connectivity index (χ3n) is 4.07. The Morgan fingerprint density at radius 3 is 2.90 bits per heavy atom. The van der Waals surface area contributed by atoms with Gasteiger partial charge in [-0.1, -0.05) is 19.8 Å². The van der Waals surface area contributed by atoms with E-state index in [1.54, 1.807) is 6.07 Å². The molecular formula is C16H25N3O. The molecule has 1 aliphatic rings. The molecule has 2 unspecified atom stereocenters. The summed E-state index contributed by atoms with van der Waals surface area (Å²) < 4.78 is 0. The molecular weight excluding hydrogens is 250 g/mol. The molecule has 0 spiro atoms. The standard InChI is InChI=1S/C16H25N3O/c1-11-5-4-6-13(7-11)10-18-16(20)14-8-12(2)19-15(9-14)17-3/h8-9,11,13H,4-7,10H2,1-3H3,(H,17,19)(H,18,20). The highest BCUT2D eigenvalue weighted by molar-refractivity contribution is 5.95. The van der Waals surface area contributed by atoms with Crippen LogP contribution in [0, 0.1) is 18.8 Å². The lowest BCUT2D eigenvalue weighted by Crippen LogP contribution is -2.31. The highest BCUT2D eigenvalue weighted by atomic mass is 16.1. The summed E-state index contributed by atoms with van der Waals surface area (Å²) in [6.07, 6.45) is 5.10. The third-order valence-corrected chi connectivity index (χ3v) is 4.07. The first-order valence-electron chi connectivity index (χ1n) is 7.53. The van der Waals surface area contributed by atoms with Crippen LogP contribution < -0.4 is 10.6 Å². The van der Waals surface area contributed by atoms with Gasteiger partial charge in [-0.25, -0.2) is 4.98 Å². The number of nitrogens with zero attached hydrogens (tertiary/aromatic N) is 1. The van der Waals surface area contributed by atoms with E-state index >= 15 is 0 Å². The number of rotatable bonds is 4. The van der Waals surface area contributed by atoms with Gasteiger partial charge in [0.25, 0.3) is 5.91 Å². The van der Waals surface area contributed by atoms with Gasteiger partial charge >= 0.3 is 0 Å². The second-order valence-corrected chi connectivity index (χ2v) is 5.98. The van der Waals surface area contributed by atoms with Crippen LogP contribution in [0.1, 0.15) is 48.7 Å². The molecule has 0 saturated heterocycles. The van der Waals surface area contributed by atoms with Crippen LogP contribution in [-0.2, 0) is 0 Å². The minimum atomic E-state index is 0.00484. The Bertz CT molecular complexity index is 473.